The van der Waals surface area contributed by atoms with E-state index < -0.39 is 46.8 Å². The van der Waals surface area contributed by atoms with Gasteiger partial charge >= 0.3 is 24.4 Å². The number of likely N-dealkylation sites (tertiary alicyclic amines) is 2. The Morgan fingerprint density at radius 3 is 2.12 bits per heavy atom. The van der Waals surface area contributed by atoms with Crippen molar-refractivity contribution in [3.8, 4) is 0 Å². The van der Waals surface area contributed by atoms with E-state index in [0.717, 1.165) is 76.5 Å². The molecule has 1 atom stereocenters. The summed E-state index contributed by atoms with van der Waals surface area (Å²) in [6.07, 6.45) is 2.14. The Morgan fingerprint density at radius 1 is 0.959 bits per heavy atom. The molecule has 1 saturated carbocycles. The van der Waals surface area contributed by atoms with Crippen molar-refractivity contribution in [3.63, 3.8) is 0 Å². The predicted octanol–water partition coefficient (Wildman–Crippen LogP) is 7.76. The second-order valence-corrected chi connectivity index (χ2v) is 13.7. The van der Waals surface area contributed by atoms with Crippen LogP contribution in [-0.2, 0) is 15.7 Å². The first-order valence-corrected chi connectivity index (χ1v) is 17.2. The van der Waals surface area contributed by atoms with Crippen molar-refractivity contribution in [1.29, 1.82) is 0 Å². The number of halogens is 7. The van der Waals surface area contributed by atoms with Crippen molar-refractivity contribution < 1.29 is 55.0 Å². The number of carboxylic acids is 1. The van der Waals surface area contributed by atoms with E-state index in [2.05, 4.69) is 11.8 Å². The molecule has 3 aliphatic heterocycles. The molecule has 15 heteroatoms. The quantitative estimate of drug-likeness (QED) is 0.291. The molecule has 4 aliphatic rings. The maximum Gasteiger partial charge on any atom is 0.490 e. The number of hydrogen-bond donors (Lipinski definition) is 1. The lowest BCUT2D eigenvalue weighted by molar-refractivity contribution is -0.192. The molecule has 1 aliphatic carbocycles. The van der Waals surface area contributed by atoms with Gasteiger partial charge in [0.05, 0.1) is 11.1 Å². The Balaban J connectivity index is 0.000000698. The summed E-state index contributed by atoms with van der Waals surface area (Å²) >= 11 is 0. The smallest absolute Gasteiger partial charge is 0.475 e. The molecule has 1 unspecified atom stereocenters. The zero-order valence-corrected chi connectivity index (χ0v) is 27.8. The van der Waals surface area contributed by atoms with E-state index >= 15 is 0 Å². The van der Waals surface area contributed by atoms with Gasteiger partial charge in [-0.15, -0.1) is 0 Å². The number of carbonyl (C=O) groups is 3. The van der Waals surface area contributed by atoms with Crippen LogP contribution in [0.1, 0.15) is 99.9 Å². The standard InChI is InChI=1S/C32H45F4N3O3.C2HF3O2/c1-2-3-10-24-22-39(21-23-8-5-4-6-9-23)30(41)42-31(24)15-19-37(20-16-31)25-13-17-38(18-14-25)29(40)28-26(32(34,35)36)11-7-12-27(28)33;3-2(4,5)1(6)7/h7,11-12,23-25H,2-6,8-10,13-22H2,1H3;(H,6,7). The highest BCUT2D eigenvalue weighted by atomic mass is 19.4. The number of alkyl halides is 6. The molecule has 8 nitrogen and oxygen atoms in total. The highest BCUT2D eigenvalue weighted by Crippen LogP contribution is 2.42. The third-order valence-electron chi connectivity index (χ3n) is 10.5. The summed E-state index contributed by atoms with van der Waals surface area (Å²) in [6.45, 7) is 5.88. The molecule has 3 saturated heterocycles. The lowest BCUT2D eigenvalue weighted by Crippen LogP contribution is -2.61. The SMILES string of the molecule is CCCCC1CN(CC2CCCCC2)C(=O)OC12CCN(C1CCN(C(=O)c3c(F)cccc3C(F)(F)F)CC1)CC2.O=C(O)C(F)(F)F. The number of carboxylic acid groups (broad SMARTS) is 1. The van der Waals surface area contributed by atoms with Crippen LogP contribution in [0.15, 0.2) is 18.2 Å². The maximum absolute atomic E-state index is 14.4. The topological polar surface area (TPSA) is 90.4 Å². The van der Waals surface area contributed by atoms with Gasteiger partial charge in [-0.1, -0.05) is 45.1 Å². The first-order valence-electron chi connectivity index (χ1n) is 17.2. The number of hydrogen-bond acceptors (Lipinski definition) is 5. The van der Waals surface area contributed by atoms with Gasteiger partial charge in [0.2, 0.25) is 0 Å². The van der Waals surface area contributed by atoms with E-state index in [1.165, 1.54) is 37.0 Å². The van der Waals surface area contributed by atoms with Crippen molar-refractivity contribution in [2.24, 2.45) is 11.8 Å². The normalized spacial score (nSPS) is 22.8. The fraction of sp³-hybridized carbons (Fsp3) is 0.735. The highest BCUT2D eigenvalue weighted by molar-refractivity contribution is 5.96. The van der Waals surface area contributed by atoms with E-state index in [4.69, 9.17) is 14.6 Å². The first kappa shape index (κ1) is 38.7. The number of unbranched alkanes of at least 4 members (excludes halogenated alkanes) is 1. The van der Waals surface area contributed by atoms with Crippen LogP contribution < -0.4 is 0 Å². The minimum Gasteiger partial charge on any atom is -0.475 e. The Labute approximate surface area is 281 Å². The van der Waals surface area contributed by atoms with Crippen molar-refractivity contribution in [2.45, 2.75) is 108 Å². The summed E-state index contributed by atoms with van der Waals surface area (Å²) in [6, 6.07) is 2.83. The van der Waals surface area contributed by atoms with Gasteiger partial charge in [0, 0.05) is 64.1 Å². The zero-order valence-electron chi connectivity index (χ0n) is 27.8. The van der Waals surface area contributed by atoms with Crippen molar-refractivity contribution in [2.75, 3.05) is 39.3 Å². The fourth-order valence-electron chi connectivity index (χ4n) is 7.81. The molecule has 2 amide bonds. The largest absolute Gasteiger partial charge is 0.490 e. The molecule has 0 radical (unpaired) electrons. The average molecular weight is 710 g/mol. The second-order valence-electron chi connectivity index (χ2n) is 13.7. The number of amides is 2. The molecule has 4 fully saturated rings. The van der Waals surface area contributed by atoms with Crippen LogP contribution in [0, 0.1) is 17.7 Å². The van der Waals surface area contributed by atoms with Crippen LogP contribution in [0.3, 0.4) is 0 Å². The maximum atomic E-state index is 14.4. The highest BCUT2D eigenvalue weighted by Gasteiger charge is 2.50. The molecular weight excluding hydrogens is 663 g/mol. The molecule has 1 spiro atoms. The zero-order chi connectivity index (χ0) is 36.0. The number of nitrogens with zero attached hydrogens (tertiary/aromatic N) is 3. The van der Waals surface area contributed by atoms with Crippen LogP contribution in [-0.4, -0.2) is 94.9 Å². The first-order chi connectivity index (χ1) is 23.1. The van der Waals surface area contributed by atoms with E-state index in [1.807, 2.05) is 4.90 Å². The van der Waals surface area contributed by atoms with Crippen molar-refractivity contribution in [1.82, 2.24) is 14.7 Å². The van der Waals surface area contributed by atoms with Crippen LogP contribution in [0.2, 0.25) is 0 Å². The van der Waals surface area contributed by atoms with Crippen LogP contribution >= 0.6 is 0 Å². The van der Waals surface area contributed by atoms with Gasteiger partial charge in [-0.2, -0.15) is 26.3 Å². The second kappa shape index (κ2) is 16.3. The number of benzene rings is 1. The summed E-state index contributed by atoms with van der Waals surface area (Å²) in [5.41, 5.74) is -2.56. The van der Waals surface area contributed by atoms with Gasteiger partial charge in [0.15, 0.2) is 0 Å². The van der Waals surface area contributed by atoms with Gasteiger partial charge in [-0.25, -0.2) is 14.0 Å². The predicted molar refractivity (Wildman–Crippen MR) is 165 cm³/mol. The molecule has 0 bridgehead atoms. The molecule has 0 aromatic heterocycles. The molecule has 1 aromatic carbocycles. The van der Waals surface area contributed by atoms with Crippen molar-refractivity contribution >= 4 is 18.0 Å². The molecule has 276 valence electrons. The minimum atomic E-state index is -5.08. The summed E-state index contributed by atoms with van der Waals surface area (Å²) < 4.78 is 92.9. The summed E-state index contributed by atoms with van der Waals surface area (Å²) in [4.78, 5) is 40.8. The van der Waals surface area contributed by atoms with Crippen LogP contribution in [0.4, 0.5) is 35.5 Å². The average Bonchev–Trinajstić information content (AvgIpc) is 3.05. The van der Waals surface area contributed by atoms with E-state index in [1.54, 1.807) is 0 Å². The molecule has 49 heavy (non-hydrogen) atoms. The Kier molecular flexibility index (Phi) is 12.9. The molecule has 5 rings (SSSR count). The van der Waals surface area contributed by atoms with Gasteiger partial charge in [0.1, 0.15) is 11.4 Å². The minimum absolute atomic E-state index is 0.167. The fourth-order valence-corrected chi connectivity index (χ4v) is 7.81. The summed E-state index contributed by atoms with van der Waals surface area (Å²) in [5.74, 6) is -3.92. The monoisotopic (exact) mass is 709 g/mol. The van der Waals surface area contributed by atoms with Crippen LogP contribution in [0.25, 0.3) is 0 Å². The van der Waals surface area contributed by atoms with Gasteiger partial charge in [0.25, 0.3) is 5.91 Å². The third kappa shape index (κ3) is 9.78. The summed E-state index contributed by atoms with van der Waals surface area (Å²) in [5, 5.41) is 7.12. The molecule has 3 heterocycles. The van der Waals surface area contributed by atoms with Crippen LogP contribution in [0.5, 0.6) is 0 Å². The molecule has 1 aromatic rings. The lowest BCUT2D eigenvalue weighted by Gasteiger charge is -2.52. The number of carbonyl (C=O) groups excluding carboxylic acids is 2. The number of piperidine rings is 2. The van der Waals surface area contributed by atoms with Crippen molar-refractivity contribution in [3.05, 3.63) is 35.1 Å². The van der Waals surface area contributed by atoms with Gasteiger partial charge < -0.3 is 19.6 Å². The Bertz CT molecular complexity index is 1290. The third-order valence-corrected chi connectivity index (χ3v) is 10.5. The lowest BCUT2D eigenvalue weighted by atomic mass is 9.75. The summed E-state index contributed by atoms with van der Waals surface area (Å²) in [7, 11) is 0. The van der Waals surface area contributed by atoms with E-state index in [-0.39, 0.29) is 25.2 Å². The molecular formula is C34H46F7N3O5. The van der Waals surface area contributed by atoms with E-state index in [0.29, 0.717) is 24.7 Å². The van der Waals surface area contributed by atoms with Gasteiger partial charge in [-0.05, 0) is 50.2 Å². The number of aliphatic carboxylic acids is 1. The van der Waals surface area contributed by atoms with E-state index in [9.17, 15) is 40.3 Å². The molecule has 1 N–H and O–H groups in total. The Morgan fingerprint density at radius 2 is 1.57 bits per heavy atom. The van der Waals surface area contributed by atoms with Gasteiger partial charge in [-0.3, -0.25) is 9.69 Å². The number of rotatable bonds is 7. The Hall–Kier alpha value is -3.10. The number of ether oxygens (including phenoxy) is 1.